The van der Waals surface area contributed by atoms with Crippen LogP contribution in [0, 0.1) is 6.92 Å². The molecule has 18 heavy (non-hydrogen) atoms. The maximum absolute atomic E-state index is 2.73. The summed E-state index contributed by atoms with van der Waals surface area (Å²) in [5.41, 5.74) is 2.77. The van der Waals surface area contributed by atoms with Crippen molar-refractivity contribution in [2.45, 2.75) is 45.2 Å². The highest BCUT2D eigenvalue weighted by molar-refractivity contribution is 5.49. The molecule has 0 saturated carbocycles. The Morgan fingerprint density at radius 3 is 2.78 bits per heavy atom. The minimum absolute atomic E-state index is 0.781. The fourth-order valence-corrected chi connectivity index (χ4v) is 3.57. The Balaban J connectivity index is 1.68. The minimum Gasteiger partial charge on any atom is -0.370 e. The molecule has 2 nitrogen and oxygen atoms in total. The molecule has 0 spiro atoms. The van der Waals surface area contributed by atoms with Gasteiger partial charge in [-0.2, -0.15) is 0 Å². The molecule has 0 radical (unpaired) electrons. The third-order valence-electron chi connectivity index (χ3n) is 4.60. The fraction of sp³-hybridized carbons (Fsp3) is 0.625. The van der Waals surface area contributed by atoms with Gasteiger partial charge in [-0.05, 0) is 57.4 Å². The molecule has 0 unspecified atom stereocenters. The van der Waals surface area contributed by atoms with Crippen LogP contribution in [0.1, 0.15) is 31.7 Å². The molecule has 3 rings (SSSR count). The molecule has 0 bridgehead atoms. The predicted octanol–water partition coefficient (Wildman–Crippen LogP) is 3.06. The number of likely N-dealkylation sites (tertiary alicyclic amines) is 1. The summed E-state index contributed by atoms with van der Waals surface area (Å²) in [5.74, 6) is 0. The lowest BCUT2D eigenvalue weighted by Crippen LogP contribution is -2.39. The Labute approximate surface area is 111 Å². The Hall–Kier alpha value is -1.02. The molecular formula is C16H24N2. The zero-order valence-electron chi connectivity index (χ0n) is 11.6. The van der Waals surface area contributed by atoms with Crippen LogP contribution in [0.15, 0.2) is 24.3 Å². The smallest absolute Gasteiger partial charge is 0.0369 e. The number of hydrogen-bond acceptors (Lipinski definition) is 2. The summed E-state index contributed by atoms with van der Waals surface area (Å²) in [6, 6.07) is 10.5. The third-order valence-corrected chi connectivity index (χ3v) is 4.60. The van der Waals surface area contributed by atoms with E-state index in [4.69, 9.17) is 0 Å². The van der Waals surface area contributed by atoms with Gasteiger partial charge in [-0.15, -0.1) is 0 Å². The number of nitrogens with zero attached hydrogens (tertiary/aromatic N) is 2. The summed E-state index contributed by atoms with van der Waals surface area (Å²) < 4.78 is 0. The van der Waals surface area contributed by atoms with E-state index < -0.39 is 0 Å². The Morgan fingerprint density at radius 2 is 2.06 bits per heavy atom. The summed E-state index contributed by atoms with van der Waals surface area (Å²) in [6.45, 7) is 8.32. The molecule has 98 valence electrons. The van der Waals surface area contributed by atoms with Crippen LogP contribution in [0.25, 0.3) is 0 Å². The van der Waals surface area contributed by atoms with Crippen LogP contribution in [0.3, 0.4) is 0 Å². The lowest BCUT2D eigenvalue weighted by Gasteiger charge is -2.28. The van der Waals surface area contributed by atoms with Gasteiger partial charge in [0.05, 0.1) is 0 Å². The van der Waals surface area contributed by atoms with E-state index in [2.05, 4.69) is 47.9 Å². The number of hydrogen-bond donors (Lipinski definition) is 0. The molecule has 2 aliphatic rings. The van der Waals surface area contributed by atoms with Crippen LogP contribution in [0.2, 0.25) is 0 Å². The number of rotatable bonds is 2. The van der Waals surface area contributed by atoms with Crippen LogP contribution in [0.4, 0.5) is 5.69 Å². The molecule has 0 amide bonds. The van der Waals surface area contributed by atoms with Gasteiger partial charge in [-0.3, -0.25) is 4.90 Å². The van der Waals surface area contributed by atoms with Crippen molar-refractivity contribution in [2.24, 2.45) is 0 Å². The topological polar surface area (TPSA) is 6.48 Å². The molecule has 2 heterocycles. The zero-order chi connectivity index (χ0) is 12.5. The lowest BCUT2D eigenvalue weighted by atomic mass is 10.2. The Morgan fingerprint density at radius 1 is 1.17 bits per heavy atom. The van der Waals surface area contributed by atoms with E-state index in [1.165, 1.54) is 50.1 Å². The molecule has 0 N–H and O–H groups in total. The molecule has 2 saturated heterocycles. The van der Waals surface area contributed by atoms with E-state index in [-0.39, 0.29) is 0 Å². The normalized spacial score (nSPS) is 29.1. The van der Waals surface area contributed by atoms with Gasteiger partial charge in [-0.25, -0.2) is 0 Å². The third kappa shape index (κ3) is 2.26. The average Bonchev–Trinajstić information content (AvgIpc) is 2.97. The minimum atomic E-state index is 0.781. The van der Waals surface area contributed by atoms with E-state index in [9.17, 15) is 0 Å². The van der Waals surface area contributed by atoms with Gasteiger partial charge in [0.25, 0.3) is 0 Å². The van der Waals surface area contributed by atoms with Crippen molar-refractivity contribution in [3.63, 3.8) is 0 Å². The van der Waals surface area contributed by atoms with Gasteiger partial charge in [0, 0.05) is 30.9 Å². The molecular weight excluding hydrogens is 220 g/mol. The quantitative estimate of drug-likeness (QED) is 0.789. The molecule has 1 aromatic carbocycles. The van der Waals surface area contributed by atoms with Gasteiger partial charge in [0.2, 0.25) is 0 Å². The second-order valence-electron chi connectivity index (χ2n) is 5.96. The second-order valence-corrected chi connectivity index (χ2v) is 5.96. The average molecular weight is 244 g/mol. The SMILES string of the molecule is Cc1cccc(N2CC[C@@H](N3CCC[C@H]3C)C2)c1. The summed E-state index contributed by atoms with van der Waals surface area (Å²) in [5, 5.41) is 0. The van der Waals surface area contributed by atoms with E-state index in [1.807, 2.05) is 0 Å². The second kappa shape index (κ2) is 4.93. The first kappa shape index (κ1) is 12.0. The largest absolute Gasteiger partial charge is 0.370 e. The fourth-order valence-electron chi connectivity index (χ4n) is 3.57. The molecule has 2 atom stereocenters. The molecule has 2 fully saturated rings. The van der Waals surface area contributed by atoms with Gasteiger partial charge in [0.1, 0.15) is 0 Å². The summed E-state index contributed by atoms with van der Waals surface area (Å²) in [4.78, 5) is 5.29. The molecule has 1 aromatic rings. The first-order valence-corrected chi connectivity index (χ1v) is 7.31. The van der Waals surface area contributed by atoms with Crippen molar-refractivity contribution in [2.75, 3.05) is 24.5 Å². The van der Waals surface area contributed by atoms with Crippen molar-refractivity contribution in [1.82, 2.24) is 4.90 Å². The van der Waals surface area contributed by atoms with Crippen LogP contribution in [0.5, 0.6) is 0 Å². The van der Waals surface area contributed by atoms with Crippen LogP contribution in [-0.4, -0.2) is 36.6 Å². The highest BCUT2D eigenvalue weighted by Gasteiger charge is 2.32. The monoisotopic (exact) mass is 244 g/mol. The van der Waals surface area contributed by atoms with Crippen LogP contribution < -0.4 is 4.90 Å². The lowest BCUT2D eigenvalue weighted by molar-refractivity contribution is 0.204. The molecule has 0 aromatic heterocycles. The summed E-state index contributed by atoms with van der Waals surface area (Å²) in [7, 11) is 0. The highest BCUT2D eigenvalue weighted by atomic mass is 15.3. The Kier molecular flexibility index (Phi) is 3.29. The molecule has 2 heteroatoms. The standard InChI is InChI=1S/C16H24N2/c1-13-5-3-7-15(11-13)17-10-8-16(12-17)18-9-4-6-14(18)2/h3,5,7,11,14,16H,4,6,8-10,12H2,1-2H3/t14-,16-/m1/s1. The van der Waals surface area contributed by atoms with Crippen LogP contribution >= 0.6 is 0 Å². The van der Waals surface area contributed by atoms with Crippen molar-refractivity contribution in [3.8, 4) is 0 Å². The maximum Gasteiger partial charge on any atom is 0.0369 e. The van der Waals surface area contributed by atoms with Crippen molar-refractivity contribution in [1.29, 1.82) is 0 Å². The summed E-state index contributed by atoms with van der Waals surface area (Å²) >= 11 is 0. The van der Waals surface area contributed by atoms with Crippen molar-refractivity contribution >= 4 is 5.69 Å². The molecule has 0 aliphatic carbocycles. The van der Waals surface area contributed by atoms with Gasteiger partial charge in [0.15, 0.2) is 0 Å². The molecule has 2 aliphatic heterocycles. The number of anilines is 1. The van der Waals surface area contributed by atoms with E-state index in [0.29, 0.717) is 0 Å². The van der Waals surface area contributed by atoms with Crippen molar-refractivity contribution in [3.05, 3.63) is 29.8 Å². The number of benzene rings is 1. The highest BCUT2D eigenvalue weighted by Crippen LogP contribution is 2.28. The number of aryl methyl sites for hydroxylation is 1. The van der Waals surface area contributed by atoms with E-state index in [0.717, 1.165) is 12.1 Å². The van der Waals surface area contributed by atoms with E-state index in [1.54, 1.807) is 0 Å². The van der Waals surface area contributed by atoms with Crippen molar-refractivity contribution < 1.29 is 0 Å². The Bertz CT molecular complexity index is 415. The first-order valence-electron chi connectivity index (χ1n) is 7.31. The predicted molar refractivity (Wildman–Crippen MR) is 77.2 cm³/mol. The first-order chi connectivity index (χ1) is 8.74. The van der Waals surface area contributed by atoms with E-state index >= 15 is 0 Å². The maximum atomic E-state index is 2.73. The van der Waals surface area contributed by atoms with Gasteiger partial charge >= 0.3 is 0 Å². The van der Waals surface area contributed by atoms with Gasteiger partial charge in [-0.1, -0.05) is 12.1 Å². The van der Waals surface area contributed by atoms with Crippen LogP contribution in [-0.2, 0) is 0 Å². The van der Waals surface area contributed by atoms with Gasteiger partial charge < -0.3 is 4.90 Å². The summed E-state index contributed by atoms with van der Waals surface area (Å²) in [6.07, 6.45) is 4.11. The zero-order valence-corrected chi connectivity index (χ0v) is 11.6.